The zero-order valence-electron chi connectivity index (χ0n) is 15.6. The van der Waals surface area contributed by atoms with Crippen LogP contribution in [0.4, 0.5) is 11.6 Å². The molecular formula is C21H19N5OS. The molecule has 3 N–H and O–H groups in total. The van der Waals surface area contributed by atoms with Crippen LogP contribution in [0.5, 0.6) is 0 Å². The molecule has 3 aromatic heterocycles. The molecule has 0 saturated carbocycles. The zero-order valence-corrected chi connectivity index (χ0v) is 16.4. The van der Waals surface area contributed by atoms with Gasteiger partial charge in [-0.15, -0.1) is 11.3 Å². The molecule has 28 heavy (non-hydrogen) atoms. The second-order valence-electron chi connectivity index (χ2n) is 6.26. The predicted molar refractivity (Wildman–Crippen MR) is 115 cm³/mol. The number of anilines is 2. The number of Topliss-reactive ketones (excluding diaryl/α,β-unsaturated/α-hetero) is 1. The van der Waals surface area contributed by atoms with Gasteiger partial charge in [0, 0.05) is 31.4 Å². The van der Waals surface area contributed by atoms with Gasteiger partial charge in [-0.3, -0.25) is 9.78 Å². The third-order valence-corrected chi connectivity index (χ3v) is 5.68. The average molecular weight is 389 g/mol. The Morgan fingerprint density at radius 1 is 1.11 bits per heavy atom. The number of ketones is 1. The van der Waals surface area contributed by atoms with Gasteiger partial charge in [-0.2, -0.15) is 0 Å². The summed E-state index contributed by atoms with van der Waals surface area (Å²) in [6.45, 7) is 1.83. The van der Waals surface area contributed by atoms with Gasteiger partial charge in [0.15, 0.2) is 5.78 Å². The summed E-state index contributed by atoms with van der Waals surface area (Å²) in [6, 6.07) is 12.0. The summed E-state index contributed by atoms with van der Waals surface area (Å²) in [4.78, 5) is 26.8. The van der Waals surface area contributed by atoms with E-state index in [1.165, 1.54) is 11.3 Å². The largest absolute Gasteiger partial charge is 0.397 e. The third kappa shape index (κ3) is 3.10. The molecule has 0 aliphatic carbocycles. The molecule has 0 radical (unpaired) electrons. The number of hydrogen-bond donors (Lipinski definition) is 2. The summed E-state index contributed by atoms with van der Waals surface area (Å²) in [5.41, 5.74) is 10.6. The van der Waals surface area contributed by atoms with Crippen molar-refractivity contribution in [3.63, 3.8) is 0 Å². The molecule has 0 saturated heterocycles. The Bertz CT molecular complexity index is 1170. The summed E-state index contributed by atoms with van der Waals surface area (Å²) in [5.74, 6) is 0.511. The van der Waals surface area contributed by atoms with Crippen LogP contribution in [0.3, 0.4) is 0 Å². The van der Waals surface area contributed by atoms with Crippen molar-refractivity contribution in [2.75, 3.05) is 18.1 Å². The summed E-state index contributed by atoms with van der Waals surface area (Å²) < 4.78 is 0. The molecule has 4 aromatic rings. The van der Waals surface area contributed by atoms with E-state index < -0.39 is 0 Å². The topological polar surface area (TPSA) is 93.8 Å². The second kappa shape index (κ2) is 7.36. The van der Waals surface area contributed by atoms with Gasteiger partial charge in [0.05, 0.1) is 21.6 Å². The lowest BCUT2D eigenvalue weighted by Crippen LogP contribution is -2.00. The van der Waals surface area contributed by atoms with E-state index in [1.54, 1.807) is 19.4 Å². The van der Waals surface area contributed by atoms with E-state index >= 15 is 0 Å². The van der Waals surface area contributed by atoms with Crippen LogP contribution in [-0.2, 0) is 0 Å². The van der Waals surface area contributed by atoms with Crippen LogP contribution in [0.1, 0.15) is 23.0 Å². The molecule has 7 heteroatoms. The monoisotopic (exact) mass is 389 g/mol. The fraction of sp³-hybridized carbons (Fsp3) is 0.143. The highest BCUT2D eigenvalue weighted by molar-refractivity contribution is 7.21. The summed E-state index contributed by atoms with van der Waals surface area (Å²) in [7, 11) is 1.77. The van der Waals surface area contributed by atoms with Crippen LogP contribution < -0.4 is 11.1 Å². The molecule has 4 rings (SSSR count). The van der Waals surface area contributed by atoms with E-state index in [0.29, 0.717) is 33.5 Å². The minimum Gasteiger partial charge on any atom is -0.397 e. The standard InChI is InChI=1S/C21H19N5OS/c1-3-15(27)19-17(22)16-18(25-21(23-2)26-20(16)28-19)14-6-4-5-13(11-14)12-7-9-24-10-8-12/h4-11H,3,22H2,1-2H3,(H,23,25,26). The highest BCUT2D eigenvalue weighted by atomic mass is 32.1. The van der Waals surface area contributed by atoms with Crippen LogP contribution >= 0.6 is 11.3 Å². The maximum absolute atomic E-state index is 12.3. The summed E-state index contributed by atoms with van der Waals surface area (Å²) >= 11 is 1.32. The van der Waals surface area contributed by atoms with Crippen LogP contribution in [0.2, 0.25) is 0 Å². The molecule has 0 unspecified atom stereocenters. The van der Waals surface area contributed by atoms with Gasteiger partial charge >= 0.3 is 0 Å². The van der Waals surface area contributed by atoms with Crippen molar-refractivity contribution in [2.45, 2.75) is 13.3 Å². The lowest BCUT2D eigenvalue weighted by Gasteiger charge is -2.09. The Morgan fingerprint density at radius 3 is 2.57 bits per heavy atom. The number of hydrogen-bond acceptors (Lipinski definition) is 7. The van der Waals surface area contributed by atoms with Gasteiger partial charge in [-0.05, 0) is 29.3 Å². The molecule has 3 heterocycles. The number of rotatable bonds is 5. The van der Waals surface area contributed by atoms with E-state index in [1.807, 2.05) is 37.3 Å². The number of nitrogens with one attached hydrogen (secondary N) is 1. The van der Waals surface area contributed by atoms with Gasteiger partial charge in [0.2, 0.25) is 5.95 Å². The average Bonchev–Trinajstić information content (AvgIpc) is 3.09. The molecule has 0 aliphatic heterocycles. The number of aromatic nitrogens is 3. The number of nitrogen functional groups attached to an aromatic ring is 1. The highest BCUT2D eigenvalue weighted by Gasteiger charge is 2.21. The Labute approximate surface area is 166 Å². The van der Waals surface area contributed by atoms with Crippen LogP contribution in [0.25, 0.3) is 32.6 Å². The molecule has 0 atom stereocenters. The molecule has 140 valence electrons. The number of nitrogens with two attached hydrogens (primary N) is 1. The number of carbonyl (C=O) groups excluding carboxylic acids is 1. The van der Waals surface area contributed by atoms with Crippen LogP contribution in [-0.4, -0.2) is 27.8 Å². The molecule has 0 spiro atoms. The SMILES string of the molecule is CCC(=O)c1sc2nc(NC)nc(-c3cccc(-c4ccncc4)c3)c2c1N. The number of carbonyl (C=O) groups is 1. The molecule has 0 aliphatic rings. The van der Waals surface area contributed by atoms with Crippen molar-refractivity contribution in [3.05, 3.63) is 53.7 Å². The smallest absolute Gasteiger partial charge is 0.224 e. The molecule has 1 aromatic carbocycles. The molecule has 0 bridgehead atoms. The van der Waals surface area contributed by atoms with E-state index in [4.69, 9.17) is 5.73 Å². The maximum atomic E-state index is 12.3. The van der Waals surface area contributed by atoms with Crippen molar-refractivity contribution in [1.82, 2.24) is 15.0 Å². The quantitative estimate of drug-likeness (QED) is 0.483. The maximum Gasteiger partial charge on any atom is 0.224 e. The van der Waals surface area contributed by atoms with Gasteiger partial charge in [0.25, 0.3) is 0 Å². The fourth-order valence-electron chi connectivity index (χ4n) is 3.10. The summed E-state index contributed by atoms with van der Waals surface area (Å²) in [6.07, 6.45) is 3.93. The van der Waals surface area contributed by atoms with Crippen molar-refractivity contribution < 1.29 is 4.79 Å². The Kier molecular flexibility index (Phi) is 4.75. The van der Waals surface area contributed by atoms with Gasteiger partial charge < -0.3 is 11.1 Å². The lowest BCUT2D eigenvalue weighted by molar-refractivity contribution is 0.0993. The third-order valence-electron chi connectivity index (χ3n) is 4.54. The molecular weight excluding hydrogens is 370 g/mol. The van der Waals surface area contributed by atoms with Crippen molar-refractivity contribution in [2.24, 2.45) is 0 Å². The van der Waals surface area contributed by atoms with Crippen LogP contribution in [0.15, 0.2) is 48.8 Å². The minimum atomic E-state index is 0.0167. The van der Waals surface area contributed by atoms with Gasteiger partial charge in [0.1, 0.15) is 4.83 Å². The Morgan fingerprint density at radius 2 is 1.86 bits per heavy atom. The lowest BCUT2D eigenvalue weighted by atomic mass is 10.0. The van der Waals surface area contributed by atoms with Crippen molar-refractivity contribution >= 4 is 39.0 Å². The number of thiophene rings is 1. The number of benzene rings is 1. The first-order valence-electron chi connectivity index (χ1n) is 8.94. The van der Waals surface area contributed by atoms with E-state index in [-0.39, 0.29) is 5.78 Å². The number of nitrogens with zero attached hydrogens (tertiary/aromatic N) is 3. The van der Waals surface area contributed by atoms with E-state index in [0.717, 1.165) is 22.1 Å². The second-order valence-corrected chi connectivity index (χ2v) is 7.26. The minimum absolute atomic E-state index is 0.0167. The highest BCUT2D eigenvalue weighted by Crippen LogP contribution is 2.40. The van der Waals surface area contributed by atoms with Crippen molar-refractivity contribution in [1.29, 1.82) is 0 Å². The summed E-state index contributed by atoms with van der Waals surface area (Å²) in [5, 5.41) is 3.73. The Balaban J connectivity index is 1.95. The van der Waals surface area contributed by atoms with E-state index in [2.05, 4.69) is 26.3 Å². The predicted octanol–water partition coefficient (Wildman–Crippen LogP) is 4.64. The van der Waals surface area contributed by atoms with Crippen LogP contribution in [0, 0.1) is 0 Å². The number of fused-ring (bicyclic) bond motifs is 1. The molecule has 0 amide bonds. The zero-order chi connectivity index (χ0) is 19.7. The van der Waals surface area contributed by atoms with E-state index in [9.17, 15) is 4.79 Å². The van der Waals surface area contributed by atoms with Gasteiger partial charge in [-0.1, -0.05) is 25.1 Å². The van der Waals surface area contributed by atoms with Crippen molar-refractivity contribution in [3.8, 4) is 22.4 Å². The molecule has 0 fully saturated rings. The first kappa shape index (κ1) is 18.1. The Hall–Kier alpha value is -3.32. The fourth-order valence-corrected chi connectivity index (χ4v) is 4.21. The van der Waals surface area contributed by atoms with Gasteiger partial charge in [-0.25, -0.2) is 9.97 Å². The normalized spacial score (nSPS) is 10.9. The molecule has 6 nitrogen and oxygen atoms in total. The first-order chi connectivity index (χ1) is 13.6. The number of pyridine rings is 1. The first-order valence-corrected chi connectivity index (χ1v) is 9.75.